The number of Topliss-reactive ketones (excluding diaryl/α,β-unsaturated/α-hetero) is 1. The van der Waals surface area contributed by atoms with Crippen LogP contribution in [0.4, 0.5) is 0 Å². The molecule has 6 N–H and O–H groups in total. The summed E-state index contributed by atoms with van der Waals surface area (Å²) >= 11 is 0. The second kappa shape index (κ2) is 19.9. The zero-order chi connectivity index (χ0) is 43.8. The van der Waals surface area contributed by atoms with E-state index < -0.39 is 146 Å². The Bertz CT molecular complexity index is 1380. The standard InChI is InChI=1S/C41H71NO17/c1-17-14-41(16-52-41)37(49)20(4)29(44)19(3)23(7)55-38(50)22(6)35(57-28-13-26(51-11)30(45)24(8)54-28)21(5)34(17)58-40-36(25(42(9)10)12-18(2)53-40)59-39-33(48)32(47)31(46)27(15-43)56-39/h17-36,39-40,43-48H,12-16H2,1-11H3/t17-,18+,19-,20+,21+,22+,23+,24-,25-,26-,27+,28-,29-,30-,31-,32-,33+,34-,35-,36+,39-,40-,41+/m0/s1. The molecular formula is C41H71NO17. The van der Waals surface area contributed by atoms with Crippen LogP contribution in [0.15, 0.2) is 0 Å². The Balaban J connectivity index is 1.56. The van der Waals surface area contributed by atoms with Gasteiger partial charge in [-0.15, -0.1) is 0 Å². The van der Waals surface area contributed by atoms with Gasteiger partial charge < -0.3 is 78.2 Å². The lowest BCUT2D eigenvalue weighted by Gasteiger charge is -2.49. The van der Waals surface area contributed by atoms with Crippen molar-refractivity contribution in [2.75, 3.05) is 34.4 Å². The van der Waals surface area contributed by atoms with Gasteiger partial charge in [0.1, 0.15) is 42.7 Å². The van der Waals surface area contributed by atoms with Crippen LogP contribution in [0.3, 0.4) is 0 Å². The molecule has 342 valence electrons. The van der Waals surface area contributed by atoms with E-state index in [1.807, 2.05) is 39.8 Å². The first-order valence-electron chi connectivity index (χ1n) is 21.2. The van der Waals surface area contributed by atoms with Crippen molar-refractivity contribution in [1.29, 1.82) is 0 Å². The monoisotopic (exact) mass is 849 g/mol. The Morgan fingerprint density at radius 1 is 0.712 bits per heavy atom. The molecule has 1 spiro atoms. The Hall–Kier alpha value is -1.46. The number of hydrogen-bond donors (Lipinski definition) is 6. The van der Waals surface area contributed by atoms with E-state index in [0.29, 0.717) is 6.42 Å². The summed E-state index contributed by atoms with van der Waals surface area (Å²) in [5.41, 5.74) is -1.21. The molecule has 0 aromatic heterocycles. The first-order valence-corrected chi connectivity index (χ1v) is 21.2. The second-order valence-electron chi connectivity index (χ2n) is 18.1. The molecule has 0 saturated carbocycles. The van der Waals surface area contributed by atoms with Gasteiger partial charge in [-0.2, -0.15) is 0 Å². The Labute approximate surface area is 347 Å². The first kappa shape index (κ1) is 48.6. The fourth-order valence-corrected chi connectivity index (χ4v) is 9.36. The number of ketones is 1. The van der Waals surface area contributed by atoms with E-state index >= 15 is 0 Å². The predicted molar refractivity (Wildman–Crippen MR) is 206 cm³/mol. The van der Waals surface area contributed by atoms with Crippen molar-refractivity contribution >= 4 is 11.8 Å². The lowest BCUT2D eigenvalue weighted by atomic mass is 9.76. The van der Waals surface area contributed by atoms with Crippen molar-refractivity contribution in [3.8, 4) is 0 Å². The summed E-state index contributed by atoms with van der Waals surface area (Å²) < 4.78 is 56.1. The van der Waals surface area contributed by atoms with E-state index in [4.69, 9.17) is 42.6 Å². The summed E-state index contributed by atoms with van der Waals surface area (Å²) in [6.07, 6.45) is -16.3. The molecule has 0 bridgehead atoms. The Morgan fingerprint density at radius 2 is 1.36 bits per heavy atom. The van der Waals surface area contributed by atoms with E-state index in [0.717, 1.165) is 0 Å². The number of nitrogens with zero attached hydrogens (tertiary/aromatic N) is 1. The maximum absolute atomic E-state index is 14.2. The van der Waals surface area contributed by atoms with Gasteiger partial charge in [-0.3, -0.25) is 9.59 Å². The summed E-state index contributed by atoms with van der Waals surface area (Å²) in [5.74, 6) is -4.43. The highest BCUT2D eigenvalue weighted by Gasteiger charge is 2.58. The molecule has 5 fully saturated rings. The number of likely N-dealkylation sites (N-methyl/N-ethyl adjacent to an activating group) is 1. The summed E-state index contributed by atoms with van der Waals surface area (Å²) in [4.78, 5) is 30.2. The molecule has 0 aliphatic carbocycles. The van der Waals surface area contributed by atoms with Crippen molar-refractivity contribution in [3.05, 3.63) is 0 Å². The van der Waals surface area contributed by atoms with Crippen LogP contribution in [0.2, 0.25) is 0 Å². The molecule has 0 aromatic carbocycles. The number of hydrogen-bond acceptors (Lipinski definition) is 18. The summed E-state index contributed by atoms with van der Waals surface area (Å²) in [5, 5.41) is 64.2. The molecule has 5 aliphatic rings. The minimum Gasteiger partial charge on any atom is -0.462 e. The molecule has 59 heavy (non-hydrogen) atoms. The van der Waals surface area contributed by atoms with Crippen molar-refractivity contribution in [2.24, 2.45) is 29.6 Å². The lowest BCUT2D eigenvalue weighted by molar-refractivity contribution is -0.357. The number of rotatable bonds is 9. The zero-order valence-corrected chi connectivity index (χ0v) is 36.4. The van der Waals surface area contributed by atoms with Gasteiger partial charge in [0.05, 0.1) is 55.8 Å². The fraction of sp³-hybridized carbons (Fsp3) is 0.951. The SMILES string of the molecule is CO[C@H]1C[C@H](O[C@H]2[C@H](C)[C@@H](O[C@@H]3O[C@H](C)C[C@H](N(C)C)[C@H]3O[C@@H]3O[C@H](CO)[C@H](O)[C@H](O)[C@H]3O)[C@@H](C)C[C@@]3(CO3)C(=O)[C@H](C)[C@@H](O)[C@@H](C)[C@@H](C)OC(=O)[C@@H]2C)O[C@@H](C)[C@@H]1O. The molecule has 0 radical (unpaired) electrons. The van der Waals surface area contributed by atoms with Crippen LogP contribution in [0, 0.1) is 29.6 Å². The van der Waals surface area contributed by atoms with Gasteiger partial charge in [-0.05, 0) is 60.5 Å². The highest BCUT2D eigenvalue weighted by atomic mass is 16.8. The summed E-state index contributed by atoms with van der Waals surface area (Å²) in [7, 11) is 5.18. The van der Waals surface area contributed by atoms with Crippen LogP contribution in [0.5, 0.6) is 0 Å². The first-order chi connectivity index (χ1) is 27.7. The van der Waals surface area contributed by atoms with Crippen LogP contribution in [0.25, 0.3) is 0 Å². The molecule has 5 heterocycles. The average Bonchev–Trinajstić information content (AvgIpc) is 3.98. The number of cyclic esters (lactones) is 1. The quantitative estimate of drug-likeness (QED) is 0.129. The molecule has 5 saturated heterocycles. The Morgan fingerprint density at radius 3 is 1.95 bits per heavy atom. The summed E-state index contributed by atoms with van der Waals surface area (Å²) in [6, 6.07) is -0.402. The number of esters is 1. The molecule has 5 rings (SSSR count). The van der Waals surface area contributed by atoms with E-state index in [1.165, 1.54) is 7.11 Å². The van der Waals surface area contributed by atoms with Gasteiger partial charge in [0.15, 0.2) is 30.3 Å². The van der Waals surface area contributed by atoms with Gasteiger partial charge >= 0.3 is 5.97 Å². The van der Waals surface area contributed by atoms with Gasteiger partial charge in [0.25, 0.3) is 0 Å². The predicted octanol–water partition coefficient (Wildman–Crippen LogP) is -0.267. The fourth-order valence-electron chi connectivity index (χ4n) is 9.36. The number of carbonyl (C=O) groups excluding carboxylic acids is 2. The van der Waals surface area contributed by atoms with Gasteiger partial charge in [-0.1, -0.05) is 27.7 Å². The highest BCUT2D eigenvalue weighted by molar-refractivity contribution is 5.92. The van der Waals surface area contributed by atoms with Crippen molar-refractivity contribution in [3.63, 3.8) is 0 Å². The number of ether oxygens (including phenoxy) is 9. The zero-order valence-electron chi connectivity index (χ0n) is 36.4. The van der Waals surface area contributed by atoms with Crippen molar-refractivity contribution in [1.82, 2.24) is 4.90 Å². The topological polar surface area (TPSA) is 245 Å². The summed E-state index contributed by atoms with van der Waals surface area (Å²) in [6.45, 7) is 13.6. The molecule has 0 amide bonds. The van der Waals surface area contributed by atoms with E-state index in [2.05, 4.69) is 0 Å². The van der Waals surface area contributed by atoms with Crippen molar-refractivity contribution in [2.45, 2.75) is 185 Å². The number of carbonyl (C=O) groups is 2. The molecule has 18 nitrogen and oxygen atoms in total. The number of epoxide rings is 1. The third kappa shape index (κ3) is 10.5. The van der Waals surface area contributed by atoms with Crippen LogP contribution >= 0.6 is 0 Å². The van der Waals surface area contributed by atoms with Crippen molar-refractivity contribution < 1.29 is 82.9 Å². The third-order valence-electron chi connectivity index (χ3n) is 13.5. The van der Waals surface area contributed by atoms with Crippen LogP contribution < -0.4 is 0 Å². The smallest absolute Gasteiger partial charge is 0.311 e. The van der Waals surface area contributed by atoms with Crippen LogP contribution in [0.1, 0.15) is 74.7 Å². The lowest BCUT2D eigenvalue weighted by Crippen LogP contribution is -2.63. The van der Waals surface area contributed by atoms with E-state index in [9.17, 15) is 40.2 Å². The van der Waals surface area contributed by atoms with Gasteiger partial charge in [-0.25, -0.2) is 0 Å². The highest BCUT2D eigenvalue weighted by Crippen LogP contribution is 2.44. The van der Waals surface area contributed by atoms with Crippen LogP contribution in [-0.4, -0.2) is 192 Å². The minimum atomic E-state index is -1.69. The maximum Gasteiger partial charge on any atom is 0.311 e. The van der Waals surface area contributed by atoms with Crippen LogP contribution in [-0.2, 0) is 52.2 Å². The molecule has 0 aromatic rings. The number of aliphatic hydroxyl groups is 6. The largest absolute Gasteiger partial charge is 0.462 e. The van der Waals surface area contributed by atoms with Gasteiger partial charge in [0.2, 0.25) is 0 Å². The third-order valence-corrected chi connectivity index (χ3v) is 13.5. The number of methoxy groups -OCH3 is 1. The maximum atomic E-state index is 14.2. The molecule has 23 atom stereocenters. The molecular weight excluding hydrogens is 778 g/mol. The normalized spacial score (nSPS) is 50.7. The Kier molecular flexibility index (Phi) is 16.4. The average molecular weight is 850 g/mol. The number of aliphatic hydroxyl groups excluding tert-OH is 6. The molecule has 18 heteroatoms. The molecule has 0 unspecified atom stereocenters. The van der Waals surface area contributed by atoms with Gasteiger partial charge in [0, 0.05) is 37.3 Å². The molecule has 5 aliphatic heterocycles. The van der Waals surface area contributed by atoms with E-state index in [-0.39, 0.29) is 31.3 Å². The minimum absolute atomic E-state index is 0.140. The second-order valence-corrected chi connectivity index (χ2v) is 18.1. The van der Waals surface area contributed by atoms with E-state index in [1.54, 1.807) is 34.6 Å².